The van der Waals surface area contributed by atoms with Gasteiger partial charge in [0.25, 0.3) is 0 Å². The van der Waals surface area contributed by atoms with Crippen molar-refractivity contribution in [2.24, 2.45) is 0 Å². The summed E-state index contributed by atoms with van der Waals surface area (Å²) >= 11 is 5.95. The van der Waals surface area contributed by atoms with Crippen molar-refractivity contribution in [2.75, 3.05) is 25.0 Å². The van der Waals surface area contributed by atoms with E-state index in [-0.39, 0.29) is 10.9 Å². The summed E-state index contributed by atoms with van der Waals surface area (Å²) in [5.41, 5.74) is 0.725. The molecule has 0 aromatic heterocycles. The van der Waals surface area contributed by atoms with E-state index in [0.29, 0.717) is 30.9 Å². The number of likely N-dealkylation sites (N-methyl/N-ethyl adjacent to an activating group) is 1. The van der Waals surface area contributed by atoms with Crippen LogP contribution in [0.2, 0.25) is 5.02 Å². The number of carbonyl (C=O) groups is 2. The zero-order valence-corrected chi connectivity index (χ0v) is 13.6. The quantitative estimate of drug-likeness (QED) is 0.908. The van der Waals surface area contributed by atoms with Gasteiger partial charge in [-0.05, 0) is 38.5 Å². The number of halogens is 2. The van der Waals surface area contributed by atoms with E-state index in [1.807, 2.05) is 6.92 Å². The molecule has 0 aliphatic carbocycles. The first-order valence-corrected chi connectivity index (χ1v) is 7.55. The van der Waals surface area contributed by atoms with E-state index in [1.165, 1.54) is 11.0 Å². The van der Waals surface area contributed by atoms with E-state index in [0.717, 1.165) is 6.07 Å². The van der Waals surface area contributed by atoms with Crippen molar-refractivity contribution in [3.63, 3.8) is 0 Å². The van der Waals surface area contributed by atoms with Crippen LogP contribution < -0.4 is 5.32 Å². The third kappa shape index (κ3) is 3.16. The Balaban J connectivity index is 2.13. The monoisotopic (exact) mass is 327 g/mol. The number of amides is 3. The van der Waals surface area contributed by atoms with Gasteiger partial charge in [-0.2, -0.15) is 0 Å². The van der Waals surface area contributed by atoms with Crippen LogP contribution in [0.5, 0.6) is 0 Å². The largest absolute Gasteiger partial charge is 0.339 e. The minimum absolute atomic E-state index is 0.0784. The number of hydrogen-bond acceptors (Lipinski definition) is 2. The molecule has 1 aromatic rings. The summed E-state index contributed by atoms with van der Waals surface area (Å²) in [4.78, 5) is 27.7. The van der Waals surface area contributed by atoms with Gasteiger partial charge in [-0.1, -0.05) is 11.6 Å². The molecule has 0 radical (unpaired) electrons. The zero-order chi connectivity index (χ0) is 16.4. The molecule has 5 nitrogen and oxygen atoms in total. The third-order valence-corrected chi connectivity index (χ3v) is 4.19. The average molecular weight is 328 g/mol. The first-order valence-electron chi connectivity index (χ1n) is 7.17. The van der Waals surface area contributed by atoms with Gasteiger partial charge in [-0.25, -0.2) is 9.18 Å². The molecule has 1 fully saturated rings. The molecule has 1 aromatic carbocycles. The summed E-state index contributed by atoms with van der Waals surface area (Å²) < 4.78 is 13.4. The minimum atomic E-state index is -0.533. The molecule has 7 heteroatoms. The summed E-state index contributed by atoms with van der Waals surface area (Å²) in [6.45, 7) is 6.77. The Hall–Kier alpha value is -1.82. The molecule has 1 atom stereocenters. The Morgan fingerprint density at radius 1 is 1.45 bits per heavy atom. The SMILES string of the molecule is CCN1CCN(C(=O)Nc2cc(C)c(F)cc2Cl)C(C)C1=O. The van der Waals surface area contributed by atoms with Crippen LogP contribution in [0.4, 0.5) is 14.9 Å². The van der Waals surface area contributed by atoms with Gasteiger partial charge < -0.3 is 15.1 Å². The van der Waals surface area contributed by atoms with E-state index in [2.05, 4.69) is 5.32 Å². The normalized spacial score (nSPS) is 18.6. The second kappa shape index (κ2) is 6.52. The van der Waals surface area contributed by atoms with Crippen LogP contribution in [-0.2, 0) is 4.79 Å². The lowest BCUT2D eigenvalue weighted by atomic mass is 10.2. The molecule has 0 spiro atoms. The fraction of sp³-hybridized carbons (Fsp3) is 0.467. The van der Waals surface area contributed by atoms with Gasteiger partial charge in [0.05, 0.1) is 10.7 Å². The van der Waals surface area contributed by atoms with Gasteiger partial charge in [0.1, 0.15) is 11.9 Å². The van der Waals surface area contributed by atoms with Crippen molar-refractivity contribution in [1.29, 1.82) is 0 Å². The molecule has 1 heterocycles. The number of urea groups is 1. The number of nitrogens with zero attached hydrogens (tertiary/aromatic N) is 2. The number of anilines is 1. The van der Waals surface area contributed by atoms with Crippen LogP contribution in [0.1, 0.15) is 19.4 Å². The predicted molar refractivity (Wildman–Crippen MR) is 83.6 cm³/mol. The molecule has 0 saturated carbocycles. The summed E-state index contributed by atoms with van der Waals surface area (Å²) in [5, 5.41) is 2.78. The summed E-state index contributed by atoms with van der Waals surface area (Å²) in [6, 6.07) is 1.69. The first kappa shape index (κ1) is 16.5. The summed E-state index contributed by atoms with van der Waals surface area (Å²) in [5.74, 6) is -0.506. The number of rotatable bonds is 2. The molecule has 120 valence electrons. The lowest BCUT2D eigenvalue weighted by Crippen LogP contribution is -2.58. The highest BCUT2D eigenvalue weighted by Crippen LogP contribution is 2.26. The Morgan fingerprint density at radius 3 is 2.77 bits per heavy atom. The van der Waals surface area contributed by atoms with Crippen molar-refractivity contribution in [2.45, 2.75) is 26.8 Å². The van der Waals surface area contributed by atoms with Crippen molar-refractivity contribution >= 4 is 29.2 Å². The van der Waals surface area contributed by atoms with Crippen LogP contribution in [0.25, 0.3) is 0 Å². The van der Waals surface area contributed by atoms with E-state index in [4.69, 9.17) is 11.6 Å². The molecule has 1 unspecified atom stereocenters. The lowest BCUT2D eigenvalue weighted by molar-refractivity contribution is -0.138. The topological polar surface area (TPSA) is 52.6 Å². The van der Waals surface area contributed by atoms with Gasteiger partial charge in [-0.15, -0.1) is 0 Å². The maximum absolute atomic E-state index is 13.4. The van der Waals surface area contributed by atoms with Crippen LogP contribution in [0.15, 0.2) is 12.1 Å². The average Bonchev–Trinajstić information content (AvgIpc) is 2.47. The number of piperazine rings is 1. The van der Waals surface area contributed by atoms with Crippen LogP contribution >= 0.6 is 11.6 Å². The van der Waals surface area contributed by atoms with Gasteiger partial charge in [-0.3, -0.25) is 4.79 Å². The molecular weight excluding hydrogens is 309 g/mol. The summed E-state index contributed by atoms with van der Waals surface area (Å²) in [6.07, 6.45) is 0. The van der Waals surface area contributed by atoms with Crippen LogP contribution in [0, 0.1) is 12.7 Å². The number of aryl methyl sites for hydroxylation is 1. The molecule has 1 aliphatic rings. The summed E-state index contributed by atoms with van der Waals surface area (Å²) in [7, 11) is 0. The van der Waals surface area contributed by atoms with Crippen molar-refractivity contribution < 1.29 is 14.0 Å². The Kier molecular flexibility index (Phi) is 4.90. The smallest absolute Gasteiger partial charge is 0.322 e. The van der Waals surface area contributed by atoms with Crippen LogP contribution in [0.3, 0.4) is 0 Å². The molecule has 3 amide bonds. The molecule has 1 N–H and O–H groups in total. The standard InChI is InChI=1S/C15H19ClFN3O2/c1-4-19-5-6-20(10(3)14(19)21)15(22)18-13-7-9(2)12(17)8-11(13)16/h7-8,10H,4-6H2,1-3H3,(H,18,22). The highest BCUT2D eigenvalue weighted by Gasteiger charge is 2.33. The fourth-order valence-electron chi connectivity index (χ4n) is 2.46. The van der Waals surface area contributed by atoms with Crippen LogP contribution in [-0.4, -0.2) is 47.4 Å². The highest BCUT2D eigenvalue weighted by atomic mass is 35.5. The number of hydrogen-bond donors (Lipinski definition) is 1. The second-order valence-corrected chi connectivity index (χ2v) is 5.71. The highest BCUT2D eigenvalue weighted by molar-refractivity contribution is 6.33. The Labute approximate surface area is 134 Å². The van der Waals surface area contributed by atoms with Gasteiger partial charge in [0, 0.05) is 19.6 Å². The number of nitrogens with one attached hydrogen (secondary N) is 1. The molecule has 1 saturated heterocycles. The first-order chi connectivity index (χ1) is 10.3. The van der Waals surface area contributed by atoms with Gasteiger partial charge in [0.15, 0.2) is 0 Å². The lowest BCUT2D eigenvalue weighted by Gasteiger charge is -2.38. The Bertz CT molecular complexity index is 609. The predicted octanol–water partition coefficient (Wildman–Crippen LogP) is 2.87. The Morgan fingerprint density at radius 2 is 2.14 bits per heavy atom. The van der Waals surface area contributed by atoms with Crippen molar-refractivity contribution in [3.8, 4) is 0 Å². The third-order valence-electron chi connectivity index (χ3n) is 3.88. The van der Waals surface area contributed by atoms with E-state index >= 15 is 0 Å². The minimum Gasteiger partial charge on any atom is -0.339 e. The maximum Gasteiger partial charge on any atom is 0.322 e. The second-order valence-electron chi connectivity index (χ2n) is 5.30. The molecule has 1 aliphatic heterocycles. The fourth-order valence-corrected chi connectivity index (χ4v) is 2.66. The molecule has 0 bridgehead atoms. The van der Waals surface area contributed by atoms with E-state index < -0.39 is 17.9 Å². The molecular formula is C15H19ClFN3O2. The van der Waals surface area contributed by atoms with Gasteiger partial charge in [0.2, 0.25) is 5.91 Å². The maximum atomic E-state index is 13.4. The number of benzene rings is 1. The van der Waals surface area contributed by atoms with E-state index in [1.54, 1.807) is 18.7 Å². The molecule has 2 rings (SSSR count). The zero-order valence-electron chi connectivity index (χ0n) is 12.8. The van der Waals surface area contributed by atoms with E-state index in [9.17, 15) is 14.0 Å². The number of carbonyl (C=O) groups excluding carboxylic acids is 2. The molecule has 22 heavy (non-hydrogen) atoms. The van der Waals surface area contributed by atoms with Crippen molar-refractivity contribution in [3.05, 3.63) is 28.5 Å². The van der Waals surface area contributed by atoms with Gasteiger partial charge >= 0.3 is 6.03 Å². The van der Waals surface area contributed by atoms with Crippen molar-refractivity contribution in [1.82, 2.24) is 9.80 Å².